The molecule has 1 amide bonds. The highest BCUT2D eigenvalue weighted by Crippen LogP contribution is 2.17. The Labute approximate surface area is 127 Å². The number of aryl methyl sites for hydroxylation is 2. The first-order valence-electron chi connectivity index (χ1n) is 6.99. The second-order valence-electron chi connectivity index (χ2n) is 5.01. The lowest BCUT2D eigenvalue weighted by molar-refractivity contribution is 0.0706. The molecule has 22 heavy (non-hydrogen) atoms. The number of hydrogen-bond donors (Lipinski definition) is 2. The lowest BCUT2D eigenvalue weighted by Crippen LogP contribution is -2.18. The van der Waals surface area contributed by atoms with Crippen LogP contribution >= 0.6 is 0 Å². The Morgan fingerprint density at radius 1 is 1.09 bits per heavy atom. The van der Waals surface area contributed by atoms with Crippen LogP contribution in [0.1, 0.15) is 21.6 Å². The molecule has 0 bridgehead atoms. The van der Waals surface area contributed by atoms with Gasteiger partial charge in [-0.05, 0) is 48.7 Å². The average Bonchev–Trinajstić information content (AvgIpc) is 2.59. The Balaban J connectivity index is 1.83. The van der Waals surface area contributed by atoms with Gasteiger partial charge in [-0.15, -0.1) is 0 Å². The third kappa shape index (κ3) is 3.10. The summed E-state index contributed by atoms with van der Waals surface area (Å²) in [5, 5.41) is 9.57. The minimum atomic E-state index is -0.562. The molecule has 0 radical (unpaired) electrons. The number of amides is 1. The van der Waals surface area contributed by atoms with Crippen LogP contribution in [-0.4, -0.2) is 21.1 Å². The quantitative estimate of drug-likeness (QED) is 0.572. The van der Waals surface area contributed by atoms with Crippen LogP contribution in [0, 0.1) is 0 Å². The topological polar surface area (TPSA) is 75.1 Å². The summed E-state index contributed by atoms with van der Waals surface area (Å²) in [7, 11) is 0. The maximum absolute atomic E-state index is 11.4. The van der Waals surface area contributed by atoms with E-state index in [1.807, 2.05) is 36.4 Å². The molecule has 5 heteroatoms. The first kappa shape index (κ1) is 14.2. The zero-order valence-corrected chi connectivity index (χ0v) is 11.9. The first-order valence-corrected chi connectivity index (χ1v) is 6.99. The highest BCUT2D eigenvalue weighted by Gasteiger charge is 2.06. The number of aromatic nitrogens is 2. The van der Waals surface area contributed by atoms with Gasteiger partial charge in [0.15, 0.2) is 0 Å². The molecule has 2 heterocycles. The second-order valence-corrected chi connectivity index (χ2v) is 5.01. The van der Waals surface area contributed by atoms with E-state index < -0.39 is 5.91 Å². The maximum Gasteiger partial charge on any atom is 0.276 e. The largest absolute Gasteiger partial charge is 0.288 e. The van der Waals surface area contributed by atoms with Gasteiger partial charge >= 0.3 is 0 Å². The van der Waals surface area contributed by atoms with Gasteiger partial charge < -0.3 is 0 Å². The van der Waals surface area contributed by atoms with E-state index in [2.05, 4.69) is 9.97 Å². The van der Waals surface area contributed by atoms with Gasteiger partial charge in [0.1, 0.15) is 0 Å². The van der Waals surface area contributed by atoms with Gasteiger partial charge in [0, 0.05) is 23.5 Å². The van der Waals surface area contributed by atoms with Crippen molar-refractivity contribution in [2.24, 2.45) is 0 Å². The van der Waals surface area contributed by atoms with Crippen molar-refractivity contribution in [3.8, 4) is 0 Å². The molecule has 0 aliphatic heterocycles. The number of benzene rings is 1. The predicted octanol–water partition coefficient (Wildman–Crippen LogP) is 2.53. The van der Waals surface area contributed by atoms with Gasteiger partial charge in [-0.2, -0.15) is 0 Å². The lowest BCUT2D eigenvalue weighted by Gasteiger charge is -2.05. The van der Waals surface area contributed by atoms with Crippen molar-refractivity contribution in [1.82, 2.24) is 15.4 Å². The number of fused-ring (bicyclic) bond motifs is 1. The van der Waals surface area contributed by atoms with Crippen LogP contribution in [0.3, 0.4) is 0 Å². The van der Waals surface area contributed by atoms with Crippen molar-refractivity contribution >= 4 is 16.8 Å². The predicted molar refractivity (Wildman–Crippen MR) is 82.6 cm³/mol. The first-order chi connectivity index (χ1) is 10.8. The van der Waals surface area contributed by atoms with E-state index in [0.29, 0.717) is 5.56 Å². The molecule has 1 aromatic carbocycles. The number of hydroxylamine groups is 1. The fourth-order valence-corrected chi connectivity index (χ4v) is 2.34. The van der Waals surface area contributed by atoms with Crippen LogP contribution in [0.25, 0.3) is 10.9 Å². The molecule has 2 N–H and O–H groups in total. The molecule has 110 valence electrons. The molecule has 0 saturated heterocycles. The zero-order chi connectivity index (χ0) is 15.4. The summed E-state index contributed by atoms with van der Waals surface area (Å²) >= 11 is 0. The molecule has 0 spiro atoms. The minimum Gasteiger partial charge on any atom is -0.288 e. The number of carbonyl (C=O) groups is 1. The minimum absolute atomic E-state index is 0.330. The molecule has 0 saturated carbocycles. The Hall–Kier alpha value is -2.79. The van der Waals surface area contributed by atoms with E-state index in [-0.39, 0.29) is 0 Å². The lowest BCUT2D eigenvalue weighted by atomic mass is 10.0. The van der Waals surface area contributed by atoms with Gasteiger partial charge in [-0.25, -0.2) is 5.48 Å². The van der Waals surface area contributed by atoms with Gasteiger partial charge in [0.25, 0.3) is 5.91 Å². The fourth-order valence-electron chi connectivity index (χ4n) is 2.34. The highest BCUT2D eigenvalue weighted by atomic mass is 16.5. The zero-order valence-electron chi connectivity index (χ0n) is 11.9. The molecule has 0 unspecified atom stereocenters. The molecule has 0 aliphatic rings. The molecule has 3 aromatic rings. The molecule has 0 atom stereocenters. The number of hydrogen-bond acceptors (Lipinski definition) is 4. The van der Waals surface area contributed by atoms with Crippen molar-refractivity contribution in [3.05, 3.63) is 71.7 Å². The SMILES string of the molecule is O=C(NO)c1cnc2ccc(CCc3ccccn3)cc2c1. The van der Waals surface area contributed by atoms with Gasteiger partial charge in [-0.1, -0.05) is 12.1 Å². The van der Waals surface area contributed by atoms with Gasteiger partial charge in [-0.3, -0.25) is 20.0 Å². The van der Waals surface area contributed by atoms with Crippen LogP contribution < -0.4 is 5.48 Å². The number of carbonyl (C=O) groups excluding carboxylic acids is 1. The summed E-state index contributed by atoms with van der Waals surface area (Å²) in [4.78, 5) is 20.0. The summed E-state index contributed by atoms with van der Waals surface area (Å²) in [5.41, 5.74) is 4.97. The summed E-state index contributed by atoms with van der Waals surface area (Å²) in [6.45, 7) is 0. The Morgan fingerprint density at radius 3 is 2.77 bits per heavy atom. The van der Waals surface area contributed by atoms with E-state index in [1.165, 1.54) is 6.20 Å². The van der Waals surface area contributed by atoms with E-state index in [9.17, 15) is 4.79 Å². The smallest absolute Gasteiger partial charge is 0.276 e. The number of nitrogens with one attached hydrogen (secondary N) is 1. The molecular formula is C17H15N3O2. The summed E-state index contributed by atoms with van der Waals surface area (Å²) < 4.78 is 0. The maximum atomic E-state index is 11.4. The normalized spacial score (nSPS) is 10.6. The molecule has 2 aromatic heterocycles. The molecular weight excluding hydrogens is 278 g/mol. The van der Waals surface area contributed by atoms with Crippen LogP contribution in [0.4, 0.5) is 0 Å². The van der Waals surface area contributed by atoms with E-state index in [1.54, 1.807) is 17.7 Å². The van der Waals surface area contributed by atoms with Crippen molar-refractivity contribution in [2.45, 2.75) is 12.8 Å². The van der Waals surface area contributed by atoms with Crippen LogP contribution in [-0.2, 0) is 12.8 Å². The number of rotatable bonds is 4. The highest BCUT2D eigenvalue weighted by molar-refractivity contribution is 5.96. The van der Waals surface area contributed by atoms with Crippen molar-refractivity contribution < 1.29 is 10.0 Å². The second kappa shape index (κ2) is 6.32. The van der Waals surface area contributed by atoms with Crippen molar-refractivity contribution in [3.63, 3.8) is 0 Å². The molecule has 5 nitrogen and oxygen atoms in total. The standard InChI is InChI=1S/C17H15N3O2/c21-17(20-22)14-10-13-9-12(5-7-16(13)19-11-14)4-6-15-3-1-2-8-18-15/h1-3,5,7-11,22H,4,6H2,(H,20,21). The van der Waals surface area contributed by atoms with E-state index >= 15 is 0 Å². The van der Waals surface area contributed by atoms with Crippen LogP contribution in [0.15, 0.2) is 54.9 Å². The van der Waals surface area contributed by atoms with Gasteiger partial charge in [0.2, 0.25) is 0 Å². The third-order valence-corrected chi connectivity index (χ3v) is 3.51. The van der Waals surface area contributed by atoms with Crippen molar-refractivity contribution in [2.75, 3.05) is 0 Å². The van der Waals surface area contributed by atoms with Crippen LogP contribution in [0.2, 0.25) is 0 Å². The molecule has 3 rings (SSSR count). The fraction of sp³-hybridized carbons (Fsp3) is 0.118. The Kier molecular flexibility index (Phi) is 4.07. The Bertz CT molecular complexity index is 803. The Morgan fingerprint density at radius 2 is 2.00 bits per heavy atom. The number of nitrogens with zero attached hydrogens (tertiary/aromatic N) is 2. The molecule has 0 fully saturated rings. The monoisotopic (exact) mass is 293 g/mol. The van der Waals surface area contributed by atoms with E-state index in [0.717, 1.165) is 35.0 Å². The van der Waals surface area contributed by atoms with Gasteiger partial charge in [0.05, 0.1) is 11.1 Å². The van der Waals surface area contributed by atoms with E-state index in [4.69, 9.17) is 5.21 Å². The third-order valence-electron chi connectivity index (χ3n) is 3.51. The average molecular weight is 293 g/mol. The van der Waals surface area contributed by atoms with Crippen molar-refractivity contribution in [1.29, 1.82) is 0 Å². The summed E-state index contributed by atoms with van der Waals surface area (Å²) in [5.74, 6) is -0.562. The summed E-state index contributed by atoms with van der Waals surface area (Å²) in [6, 6.07) is 13.6. The summed E-state index contributed by atoms with van der Waals surface area (Å²) in [6.07, 6.45) is 4.96. The van der Waals surface area contributed by atoms with Crippen LogP contribution in [0.5, 0.6) is 0 Å². The molecule has 0 aliphatic carbocycles. The number of pyridine rings is 2.